The quantitative estimate of drug-likeness (QED) is 0.426. The van der Waals surface area contributed by atoms with E-state index < -0.39 is 28.3 Å². The van der Waals surface area contributed by atoms with Gasteiger partial charge in [-0.3, -0.25) is 19.6 Å². The zero-order valence-corrected chi connectivity index (χ0v) is 16.4. The molecular weight excluding hydrogens is 417 g/mol. The summed E-state index contributed by atoms with van der Waals surface area (Å²) < 4.78 is 45.7. The SMILES string of the molecule is CCn1cc(C(=O)Nc2cc(Oc3cccc(C(F)(F)F)c3)cc([N+](=O)[O-])c2)c(C)n1. The number of nitro groups is 1. The molecule has 162 valence electrons. The molecule has 0 aliphatic rings. The highest BCUT2D eigenvalue weighted by atomic mass is 19.4. The second-order valence-corrected chi connectivity index (χ2v) is 6.54. The van der Waals surface area contributed by atoms with E-state index in [9.17, 15) is 28.1 Å². The number of alkyl halides is 3. The highest BCUT2D eigenvalue weighted by molar-refractivity contribution is 6.05. The van der Waals surface area contributed by atoms with Crippen molar-refractivity contribution in [1.29, 1.82) is 0 Å². The summed E-state index contributed by atoms with van der Waals surface area (Å²) in [5.41, 5.74) is -0.517. The molecule has 0 spiro atoms. The van der Waals surface area contributed by atoms with E-state index in [2.05, 4.69) is 10.4 Å². The van der Waals surface area contributed by atoms with E-state index in [1.807, 2.05) is 6.92 Å². The predicted molar refractivity (Wildman–Crippen MR) is 105 cm³/mol. The van der Waals surface area contributed by atoms with Crippen molar-refractivity contribution < 1.29 is 27.6 Å². The molecule has 1 aromatic heterocycles. The molecule has 0 aliphatic heterocycles. The third kappa shape index (κ3) is 5.18. The number of hydrogen-bond donors (Lipinski definition) is 1. The number of nitrogens with zero attached hydrogens (tertiary/aromatic N) is 3. The fourth-order valence-electron chi connectivity index (χ4n) is 2.79. The molecule has 0 radical (unpaired) electrons. The largest absolute Gasteiger partial charge is 0.457 e. The van der Waals surface area contributed by atoms with Crippen LogP contribution in [-0.2, 0) is 12.7 Å². The van der Waals surface area contributed by atoms with Gasteiger partial charge in [0.1, 0.15) is 11.5 Å². The summed E-state index contributed by atoms with van der Waals surface area (Å²) in [7, 11) is 0. The molecule has 3 rings (SSSR count). The van der Waals surface area contributed by atoms with Crippen LogP contribution < -0.4 is 10.1 Å². The van der Waals surface area contributed by atoms with Gasteiger partial charge in [0.15, 0.2) is 0 Å². The van der Waals surface area contributed by atoms with E-state index in [4.69, 9.17) is 4.74 Å². The van der Waals surface area contributed by atoms with Gasteiger partial charge in [0.25, 0.3) is 11.6 Å². The molecule has 0 bridgehead atoms. The Morgan fingerprint density at radius 1 is 1.23 bits per heavy atom. The van der Waals surface area contributed by atoms with E-state index >= 15 is 0 Å². The Morgan fingerprint density at radius 2 is 1.97 bits per heavy atom. The first-order valence-electron chi connectivity index (χ1n) is 9.07. The van der Waals surface area contributed by atoms with Crippen LogP contribution in [0.2, 0.25) is 0 Å². The van der Waals surface area contributed by atoms with Crippen molar-refractivity contribution in [2.45, 2.75) is 26.6 Å². The summed E-state index contributed by atoms with van der Waals surface area (Å²) in [6.07, 6.45) is -3.02. The van der Waals surface area contributed by atoms with E-state index in [-0.39, 0.29) is 22.7 Å². The van der Waals surface area contributed by atoms with Crippen LogP contribution in [0.15, 0.2) is 48.7 Å². The maximum atomic E-state index is 12.9. The monoisotopic (exact) mass is 434 g/mol. The minimum atomic E-state index is -4.57. The van der Waals surface area contributed by atoms with Gasteiger partial charge in [-0.1, -0.05) is 6.07 Å². The number of nitro benzene ring substituents is 1. The van der Waals surface area contributed by atoms with E-state index in [1.54, 1.807) is 17.8 Å². The number of rotatable bonds is 6. The van der Waals surface area contributed by atoms with Crippen LogP contribution in [0.1, 0.15) is 28.5 Å². The Bertz CT molecular complexity index is 1140. The number of non-ortho nitro benzene ring substituents is 1. The van der Waals surface area contributed by atoms with Gasteiger partial charge in [-0.15, -0.1) is 0 Å². The van der Waals surface area contributed by atoms with Gasteiger partial charge in [-0.05, 0) is 32.0 Å². The van der Waals surface area contributed by atoms with Gasteiger partial charge in [0.2, 0.25) is 0 Å². The molecule has 8 nitrogen and oxygen atoms in total. The Labute approximate surface area is 174 Å². The minimum absolute atomic E-state index is 0.0461. The standard InChI is InChI=1S/C20H17F3N4O4/c1-3-26-11-18(12(2)25-26)19(28)24-14-8-15(27(29)30)10-17(9-14)31-16-6-4-5-13(7-16)20(21,22)23/h4-11H,3H2,1-2H3,(H,24,28). The molecule has 1 heterocycles. The molecule has 3 aromatic rings. The molecule has 0 aliphatic carbocycles. The van der Waals surface area contributed by atoms with Crippen LogP contribution in [0.5, 0.6) is 11.5 Å². The number of anilines is 1. The molecule has 0 saturated heterocycles. The maximum Gasteiger partial charge on any atom is 0.416 e. The molecule has 2 aromatic carbocycles. The lowest BCUT2D eigenvalue weighted by molar-refractivity contribution is -0.384. The van der Waals surface area contributed by atoms with Crippen LogP contribution in [-0.4, -0.2) is 20.6 Å². The summed E-state index contributed by atoms with van der Waals surface area (Å²) in [4.78, 5) is 23.1. The first kappa shape index (κ1) is 21.8. The molecule has 0 atom stereocenters. The number of halogens is 3. The van der Waals surface area contributed by atoms with E-state index in [1.165, 1.54) is 12.1 Å². The highest BCUT2D eigenvalue weighted by Gasteiger charge is 2.30. The summed E-state index contributed by atoms with van der Waals surface area (Å²) in [6, 6.07) is 7.56. The van der Waals surface area contributed by atoms with Crippen LogP contribution in [0.25, 0.3) is 0 Å². The molecular formula is C20H17F3N4O4. The van der Waals surface area contributed by atoms with Crippen molar-refractivity contribution >= 4 is 17.3 Å². The van der Waals surface area contributed by atoms with E-state index in [0.717, 1.165) is 30.3 Å². The lowest BCUT2D eigenvalue weighted by Crippen LogP contribution is -2.12. The van der Waals surface area contributed by atoms with Gasteiger partial charge in [-0.25, -0.2) is 0 Å². The first-order chi connectivity index (χ1) is 14.6. The molecule has 1 N–H and O–H groups in total. The second-order valence-electron chi connectivity index (χ2n) is 6.54. The zero-order valence-electron chi connectivity index (χ0n) is 16.4. The number of aromatic nitrogens is 2. The van der Waals surface area contributed by atoms with Gasteiger partial charge < -0.3 is 10.1 Å². The fraction of sp³-hybridized carbons (Fsp3) is 0.200. The smallest absolute Gasteiger partial charge is 0.416 e. The molecule has 11 heteroatoms. The van der Waals surface area contributed by atoms with Gasteiger partial charge >= 0.3 is 6.18 Å². The lowest BCUT2D eigenvalue weighted by Gasteiger charge is -2.11. The number of hydrogen-bond acceptors (Lipinski definition) is 5. The van der Waals surface area contributed by atoms with Crippen molar-refractivity contribution in [3.63, 3.8) is 0 Å². The van der Waals surface area contributed by atoms with Crippen LogP contribution in [0.4, 0.5) is 24.5 Å². The average molecular weight is 434 g/mol. The summed E-state index contributed by atoms with van der Waals surface area (Å²) >= 11 is 0. The van der Waals surface area contributed by atoms with Crippen LogP contribution in [0.3, 0.4) is 0 Å². The topological polar surface area (TPSA) is 99.3 Å². The highest BCUT2D eigenvalue weighted by Crippen LogP contribution is 2.34. The van der Waals surface area contributed by atoms with Crippen LogP contribution in [0, 0.1) is 17.0 Å². The number of amides is 1. The van der Waals surface area contributed by atoms with Crippen LogP contribution >= 0.6 is 0 Å². The number of carbonyl (C=O) groups is 1. The molecule has 0 fully saturated rings. The van der Waals surface area contributed by atoms with Crippen molar-refractivity contribution in [3.05, 3.63) is 75.6 Å². The maximum absolute atomic E-state index is 12.9. The average Bonchev–Trinajstić information content (AvgIpc) is 3.08. The number of aryl methyl sites for hydroxylation is 2. The summed E-state index contributed by atoms with van der Waals surface area (Å²) in [6.45, 7) is 4.06. The van der Waals surface area contributed by atoms with Gasteiger partial charge in [0, 0.05) is 24.9 Å². The predicted octanol–water partition coefficient (Wildman–Crippen LogP) is 5.18. The Hall–Kier alpha value is -3.89. The third-order valence-electron chi connectivity index (χ3n) is 4.27. The molecule has 31 heavy (non-hydrogen) atoms. The minimum Gasteiger partial charge on any atom is -0.457 e. The van der Waals surface area contributed by atoms with Crippen molar-refractivity contribution in [1.82, 2.24) is 9.78 Å². The Balaban J connectivity index is 1.90. The summed E-state index contributed by atoms with van der Waals surface area (Å²) in [5.74, 6) is -0.805. The molecule has 0 saturated carbocycles. The van der Waals surface area contributed by atoms with Crippen molar-refractivity contribution in [3.8, 4) is 11.5 Å². The fourth-order valence-corrected chi connectivity index (χ4v) is 2.79. The van der Waals surface area contributed by atoms with E-state index in [0.29, 0.717) is 12.2 Å². The molecule has 0 unspecified atom stereocenters. The molecule has 1 amide bonds. The van der Waals surface area contributed by atoms with Crippen molar-refractivity contribution in [2.24, 2.45) is 0 Å². The number of nitrogens with one attached hydrogen (secondary N) is 1. The first-order valence-corrected chi connectivity index (χ1v) is 9.07. The zero-order chi connectivity index (χ0) is 22.8. The number of benzene rings is 2. The lowest BCUT2D eigenvalue weighted by atomic mass is 10.2. The summed E-state index contributed by atoms with van der Waals surface area (Å²) in [5, 5.41) is 18.0. The second kappa shape index (κ2) is 8.46. The third-order valence-corrected chi connectivity index (χ3v) is 4.27. The number of ether oxygens (including phenoxy) is 1. The Kier molecular flexibility index (Phi) is 5.95. The Morgan fingerprint density at radius 3 is 2.58 bits per heavy atom. The normalized spacial score (nSPS) is 11.3. The van der Waals surface area contributed by atoms with Gasteiger partial charge in [0.05, 0.1) is 33.5 Å². The van der Waals surface area contributed by atoms with Gasteiger partial charge in [-0.2, -0.15) is 18.3 Å². The number of carbonyl (C=O) groups excluding carboxylic acids is 1. The van der Waals surface area contributed by atoms with Crippen molar-refractivity contribution in [2.75, 3.05) is 5.32 Å².